The highest BCUT2D eigenvalue weighted by molar-refractivity contribution is 5.88. The molecular weight excluding hydrogens is 203 g/mol. The average Bonchev–Trinajstić information content (AvgIpc) is 2.25. The summed E-state index contributed by atoms with van der Waals surface area (Å²) in [6.45, 7) is 1.55. The van der Waals surface area contributed by atoms with E-state index >= 15 is 0 Å². The third kappa shape index (κ3) is 1.81. The summed E-state index contributed by atoms with van der Waals surface area (Å²) in [5.74, 6) is -0.510. The van der Waals surface area contributed by atoms with Gasteiger partial charge in [-0.25, -0.2) is 4.39 Å². The number of carbonyl (C=O) groups excluding carboxylic acids is 2. The van der Waals surface area contributed by atoms with Crippen molar-refractivity contribution in [1.29, 1.82) is 0 Å². The molecule has 0 aromatic rings. The molecule has 0 aromatic heterocycles. The van der Waals surface area contributed by atoms with Crippen molar-refractivity contribution in [3.05, 3.63) is 0 Å². The zero-order chi connectivity index (χ0) is 10.9. The Morgan fingerprint density at radius 1 is 1.33 bits per heavy atom. The molecular formula is C9H13FN2O3. The first-order chi connectivity index (χ1) is 7.15. The standard InChI is InChI=1S/C9H13FN2O3/c10-9(5-11(6-9)7-13)8(14)12-1-3-15-4-2-12/h7H,1-6H2. The number of amides is 2. The highest BCUT2D eigenvalue weighted by Gasteiger charge is 2.51. The summed E-state index contributed by atoms with van der Waals surface area (Å²) in [5, 5.41) is 0. The Morgan fingerprint density at radius 2 is 1.93 bits per heavy atom. The Kier molecular flexibility index (Phi) is 2.60. The molecule has 6 heteroatoms. The van der Waals surface area contributed by atoms with E-state index < -0.39 is 11.6 Å². The fourth-order valence-corrected chi connectivity index (χ4v) is 1.86. The number of alkyl halides is 1. The van der Waals surface area contributed by atoms with Crippen LogP contribution < -0.4 is 0 Å². The van der Waals surface area contributed by atoms with Crippen molar-refractivity contribution in [1.82, 2.24) is 9.80 Å². The Balaban J connectivity index is 1.93. The topological polar surface area (TPSA) is 49.9 Å². The normalized spacial score (nSPS) is 24.6. The van der Waals surface area contributed by atoms with E-state index in [0.29, 0.717) is 32.7 Å². The lowest BCUT2D eigenvalue weighted by atomic mass is 9.95. The van der Waals surface area contributed by atoms with Gasteiger partial charge in [-0.15, -0.1) is 0 Å². The van der Waals surface area contributed by atoms with Gasteiger partial charge in [-0.3, -0.25) is 9.59 Å². The van der Waals surface area contributed by atoms with E-state index in [1.54, 1.807) is 0 Å². The van der Waals surface area contributed by atoms with Gasteiger partial charge in [0.15, 0.2) is 0 Å². The zero-order valence-electron chi connectivity index (χ0n) is 8.32. The molecule has 2 aliphatic heterocycles. The van der Waals surface area contributed by atoms with Gasteiger partial charge in [-0.05, 0) is 0 Å². The molecule has 0 atom stereocenters. The molecule has 2 aliphatic rings. The summed E-state index contributed by atoms with van der Waals surface area (Å²) in [4.78, 5) is 24.7. The molecule has 0 N–H and O–H groups in total. The first kappa shape index (κ1) is 10.4. The summed E-state index contributed by atoms with van der Waals surface area (Å²) in [7, 11) is 0. The molecule has 5 nitrogen and oxygen atoms in total. The number of ether oxygens (including phenoxy) is 1. The van der Waals surface area contributed by atoms with Crippen molar-refractivity contribution in [2.45, 2.75) is 5.67 Å². The summed E-state index contributed by atoms with van der Waals surface area (Å²) in [5.41, 5.74) is -1.86. The Hall–Kier alpha value is -1.17. The van der Waals surface area contributed by atoms with Crippen LogP contribution in [0.25, 0.3) is 0 Å². The Morgan fingerprint density at radius 3 is 2.47 bits per heavy atom. The third-order valence-electron chi connectivity index (χ3n) is 2.74. The average molecular weight is 216 g/mol. The van der Waals surface area contributed by atoms with Gasteiger partial charge in [0.25, 0.3) is 5.91 Å². The van der Waals surface area contributed by atoms with Crippen LogP contribution in [0.15, 0.2) is 0 Å². The molecule has 84 valence electrons. The Labute approximate surface area is 86.8 Å². The minimum atomic E-state index is -1.86. The summed E-state index contributed by atoms with van der Waals surface area (Å²) < 4.78 is 19.0. The van der Waals surface area contributed by atoms with Gasteiger partial charge >= 0.3 is 0 Å². The molecule has 2 amide bonds. The van der Waals surface area contributed by atoms with Gasteiger partial charge in [-0.1, -0.05) is 0 Å². The minimum Gasteiger partial charge on any atom is -0.378 e. The monoisotopic (exact) mass is 216 g/mol. The van der Waals surface area contributed by atoms with Gasteiger partial charge in [-0.2, -0.15) is 0 Å². The smallest absolute Gasteiger partial charge is 0.264 e. The first-order valence-corrected chi connectivity index (χ1v) is 4.91. The van der Waals surface area contributed by atoms with Gasteiger partial charge in [0.05, 0.1) is 26.3 Å². The maximum atomic E-state index is 13.9. The Bertz CT molecular complexity index is 273. The van der Waals surface area contributed by atoms with Crippen LogP contribution in [0.4, 0.5) is 4.39 Å². The van der Waals surface area contributed by atoms with Crippen LogP contribution in [0.3, 0.4) is 0 Å². The fourth-order valence-electron chi connectivity index (χ4n) is 1.86. The number of rotatable bonds is 2. The van der Waals surface area contributed by atoms with Crippen molar-refractivity contribution in [2.24, 2.45) is 0 Å². The van der Waals surface area contributed by atoms with Crippen molar-refractivity contribution >= 4 is 12.3 Å². The van der Waals surface area contributed by atoms with E-state index in [9.17, 15) is 14.0 Å². The highest BCUT2D eigenvalue weighted by Crippen LogP contribution is 2.26. The lowest BCUT2D eigenvalue weighted by molar-refractivity contribution is -0.162. The van der Waals surface area contributed by atoms with Gasteiger partial charge in [0.1, 0.15) is 0 Å². The third-order valence-corrected chi connectivity index (χ3v) is 2.74. The quantitative estimate of drug-likeness (QED) is 0.558. The van der Waals surface area contributed by atoms with Crippen LogP contribution >= 0.6 is 0 Å². The van der Waals surface area contributed by atoms with E-state index in [4.69, 9.17) is 4.74 Å². The van der Waals surface area contributed by atoms with Crippen LogP contribution in [0.5, 0.6) is 0 Å². The molecule has 0 bridgehead atoms. The number of halogens is 1. The van der Waals surface area contributed by atoms with Crippen molar-refractivity contribution < 1.29 is 18.7 Å². The highest BCUT2D eigenvalue weighted by atomic mass is 19.1. The SMILES string of the molecule is O=CN1CC(F)(C(=O)N2CCOCC2)C1. The number of hydrogen-bond acceptors (Lipinski definition) is 3. The van der Waals surface area contributed by atoms with E-state index in [1.807, 2.05) is 0 Å². The number of carbonyl (C=O) groups is 2. The second kappa shape index (κ2) is 3.77. The molecule has 2 saturated heterocycles. The lowest BCUT2D eigenvalue weighted by Gasteiger charge is -2.43. The maximum absolute atomic E-state index is 13.9. The summed E-state index contributed by atoms with van der Waals surface area (Å²) >= 11 is 0. The fraction of sp³-hybridized carbons (Fsp3) is 0.778. The minimum absolute atomic E-state index is 0.118. The molecule has 2 heterocycles. The second-order valence-corrected chi connectivity index (χ2v) is 3.88. The zero-order valence-corrected chi connectivity index (χ0v) is 8.32. The van der Waals surface area contributed by atoms with Crippen molar-refractivity contribution in [3.8, 4) is 0 Å². The van der Waals surface area contributed by atoms with E-state index in [-0.39, 0.29) is 13.1 Å². The molecule has 0 aromatic carbocycles. The maximum Gasteiger partial charge on any atom is 0.264 e. The molecule has 0 unspecified atom stereocenters. The van der Waals surface area contributed by atoms with Gasteiger partial charge in [0.2, 0.25) is 12.1 Å². The predicted molar refractivity (Wildman–Crippen MR) is 48.9 cm³/mol. The van der Waals surface area contributed by atoms with Gasteiger partial charge < -0.3 is 14.5 Å². The van der Waals surface area contributed by atoms with Crippen LogP contribution in [0.1, 0.15) is 0 Å². The van der Waals surface area contributed by atoms with Crippen molar-refractivity contribution in [3.63, 3.8) is 0 Å². The molecule has 0 saturated carbocycles. The molecule has 15 heavy (non-hydrogen) atoms. The number of hydrogen-bond donors (Lipinski definition) is 0. The summed E-state index contributed by atoms with van der Waals surface area (Å²) in [6, 6.07) is 0. The van der Waals surface area contributed by atoms with Crippen LogP contribution in [-0.2, 0) is 14.3 Å². The molecule has 2 rings (SSSR count). The molecule has 2 fully saturated rings. The van der Waals surface area contributed by atoms with Crippen LogP contribution in [-0.4, -0.2) is 67.2 Å². The van der Waals surface area contributed by atoms with E-state index in [2.05, 4.69) is 0 Å². The molecule has 0 aliphatic carbocycles. The van der Waals surface area contributed by atoms with Gasteiger partial charge in [0, 0.05) is 13.1 Å². The number of nitrogens with zero attached hydrogens (tertiary/aromatic N) is 2. The first-order valence-electron chi connectivity index (χ1n) is 4.91. The van der Waals surface area contributed by atoms with Crippen molar-refractivity contribution in [2.75, 3.05) is 39.4 Å². The summed E-state index contributed by atoms with van der Waals surface area (Å²) in [6.07, 6.45) is 0.560. The number of likely N-dealkylation sites (tertiary alicyclic amines) is 1. The number of morpholine rings is 1. The largest absolute Gasteiger partial charge is 0.378 e. The van der Waals surface area contributed by atoms with E-state index in [0.717, 1.165) is 0 Å². The lowest BCUT2D eigenvalue weighted by Crippen LogP contribution is -2.66. The predicted octanol–water partition coefficient (Wildman–Crippen LogP) is -0.974. The van der Waals surface area contributed by atoms with Crippen LogP contribution in [0.2, 0.25) is 0 Å². The van der Waals surface area contributed by atoms with E-state index in [1.165, 1.54) is 9.80 Å². The second-order valence-electron chi connectivity index (χ2n) is 3.88. The molecule has 0 radical (unpaired) electrons. The van der Waals surface area contributed by atoms with Crippen LogP contribution in [0, 0.1) is 0 Å². The molecule has 0 spiro atoms.